The summed E-state index contributed by atoms with van der Waals surface area (Å²) in [6.07, 6.45) is 0. The summed E-state index contributed by atoms with van der Waals surface area (Å²) in [5, 5.41) is 9.25. The maximum Gasteiger partial charge on any atom is 0.316 e. The first-order valence-electron chi connectivity index (χ1n) is 5.31. The van der Waals surface area contributed by atoms with Gasteiger partial charge in [0, 0.05) is 0 Å². The zero-order chi connectivity index (χ0) is 12.5. The van der Waals surface area contributed by atoms with Crippen LogP contribution in [0.25, 0.3) is 0 Å². The van der Waals surface area contributed by atoms with Crippen molar-refractivity contribution in [3.63, 3.8) is 0 Å². The molecular weight excluding hydrogens is 222 g/mol. The second kappa shape index (κ2) is 4.35. The van der Waals surface area contributed by atoms with Crippen LogP contribution in [0.15, 0.2) is 24.3 Å². The summed E-state index contributed by atoms with van der Waals surface area (Å²) in [5.74, 6) is -0.252. The zero-order valence-corrected chi connectivity index (χ0v) is 9.55. The van der Waals surface area contributed by atoms with E-state index < -0.39 is 17.4 Å². The van der Waals surface area contributed by atoms with Crippen LogP contribution < -0.4 is 10.5 Å². The number of carbonyl (C=O) groups is 1. The van der Waals surface area contributed by atoms with E-state index in [-0.39, 0.29) is 13.2 Å². The smallest absolute Gasteiger partial charge is 0.316 e. The fraction of sp³-hybridized carbons (Fsp3) is 0.417. The lowest BCUT2D eigenvalue weighted by molar-refractivity contribution is -0.184. The highest BCUT2D eigenvalue weighted by molar-refractivity contribution is 5.77. The van der Waals surface area contributed by atoms with Crippen molar-refractivity contribution >= 4 is 5.97 Å². The fourth-order valence-electron chi connectivity index (χ4n) is 1.91. The molecule has 0 amide bonds. The van der Waals surface area contributed by atoms with E-state index in [1.54, 1.807) is 31.4 Å². The van der Waals surface area contributed by atoms with Gasteiger partial charge in [-0.15, -0.1) is 0 Å². The molecule has 1 atom stereocenters. The fourth-order valence-corrected chi connectivity index (χ4v) is 1.91. The Bertz CT molecular complexity index is 428. The summed E-state index contributed by atoms with van der Waals surface area (Å²) >= 11 is 0. The van der Waals surface area contributed by atoms with Gasteiger partial charge >= 0.3 is 5.97 Å². The molecule has 0 aromatic heterocycles. The highest BCUT2D eigenvalue weighted by Gasteiger charge is 2.51. The van der Waals surface area contributed by atoms with Gasteiger partial charge in [0.25, 0.3) is 0 Å². The predicted octanol–water partition coefficient (Wildman–Crippen LogP) is 0.796. The summed E-state index contributed by atoms with van der Waals surface area (Å²) in [4.78, 5) is 11.3. The minimum Gasteiger partial charge on any atom is -0.497 e. The van der Waals surface area contributed by atoms with Gasteiger partial charge in [-0.25, -0.2) is 0 Å². The Hall–Kier alpha value is -1.59. The van der Waals surface area contributed by atoms with Gasteiger partial charge in [0.1, 0.15) is 11.2 Å². The highest BCUT2D eigenvalue weighted by Crippen LogP contribution is 2.39. The van der Waals surface area contributed by atoms with Crippen molar-refractivity contribution in [2.24, 2.45) is 11.1 Å². The van der Waals surface area contributed by atoms with Crippen molar-refractivity contribution in [2.45, 2.75) is 6.04 Å². The van der Waals surface area contributed by atoms with Gasteiger partial charge in [-0.05, 0) is 17.7 Å². The molecule has 1 fully saturated rings. The summed E-state index contributed by atoms with van der Waals surface area (Å²) in [6, 6.07) is 6.55. The third-order valence-electron chi connectivity index (χ3n) is 3.19. The maximum atomic E-state index is 11.3. The van der Waals surface area contributed by atoms with Crippen molar-refractivity contribution in [2.75, 3.05) is 20.3 Å². The largest absolute Gasteiger partial charge is 0.497 e. The molecule has 5 heteroatoms. The predicted molar refractivity (Wildman–Crippen MR) is 60.8 cm³/mol. The van der Waals surface area contributed by atoms with E-state index in [1.165, 1.54) is 0 Å². The first kappa shape index (κ1) is 11.9. The van der Waals surface area contributed by atoms with E-state index in [9.17, 15) is 9.90 Å². The lowest BCUT2D eigenvalue weighted by Gasteiger charge is -2.41. The topological polar surface area (TPSA) is 81.8 Å². The Balaban J connectivity index is 2.29. The Labute approximate surface area is 99.1 Å². The number of hydrogen-bond donors (Lipinski definition) is 2. The molecule has 1 aromatic rings. The minimum atomic E-state index is -1.01. The maximum absolute atomic E-state index is 11.3. The number of carboxylic acid groups (broad SMARTS) is 1. The third-order valence-corrected chi connectivity index (χ3v) is 3.19. The number of ether oxygens (including phenoxy) is 2. The van der Waals surface area contributed by atoms with Gasteiger partial charge < -0.3 is 20.3 Å². The van der Waals surface area contributed by atoms with Crippen LogP contribution >= 0.6 is 0 Å². The van der Waals surface area contributed by atoms with Crippen molar-refractivity contribution in [3.05, 3.63) is 29.8 Å². The molecule has 5 nitrogen and oxygen atoms in total. The van der Waals surface area contributed by atoms with Crippen LogP contribution in [0, 0.1) is 5.41 Å². The monoisotopic (exact) mass is 237 g/mol. The van der Waals surface area contributed by atoms with Gasteiger partial charge in [-0.3, -0.25) is 4.79 Å². The average molecular weight is 237 g/mol. The lowest BCUT2D eigenvalue weighted by Crippen LogP contribution is -2.55. The molecule has 1 heterocycles. The van der Waals surface area contributed by atoms with Crippen LogP contribution in [-0.2, 0) is 9.53 Å². The highest BCUT2D eigenvalue weighted by atomic mass is 16.5. The van der Waals surface area contributed by atoms with E-state index in [1.807, 2.05) is 0 Å². The number of rotatable bonds is 4. The molecule has 1 aromatic carbocycles. The van der Waals surface area contributed by atoms with E-state index in [4.69, 9.17) is 15.2 Å². The number of hydrogen-bond acceptors (Lipinski definition) is 4. The first-order valence-corrected chi connectivity index (χ1v) is 5.31. The van der Waals surface area contributed by atoms with Crippen LogP contribution in [0.5, 0.6) is 5.75 Å². The molecule has 3 N–H and O–H groups in total. The Kier molecular flexibility index (Phi) is 3.04. The summed E-state index contributed by atoms with van der Waals surface area (Å²) in [7, 11) is 1.56. The Morgan fingerprint density at radius 1 is 1.59 bits per heavy atom. The number of aliphatic carboxylic acids is 1. The Morgan fingerprint density at radius 3 is 2.76 bits per heavy atom. The number of methoxy groups -OCH3 is 1. The van der Waals surface area contributed by atoms with Crippen molar-refractivity contribution in [1.29, 1.82) is 0 Å². The van der Waals surface area contributed by atoms with Gasteiger partial charge in [-0.2, -0.15) is 0 Å². The molecule has 2 rings (SSSR count). The second-order valence-electron chi connectivity index (χ2n) is 4.21. The summed E-state index contributed by atoms with van der Waals surface area (Å²) < 4.78 is 10.1. The minimum absolute atomic E-state index is 0.153. The zero-order valence-electron chi connectivity index (χ0n) is 9.55. The summed E-state index contributed by atoms with van der Waals surface area (Å²) in [5.41, 5.74) is 5.78. The van der Waals surface area contributed by atoms with Crippen LogP contribution in [-0.4, -0.2) is 31.4 Å². The van der Waals surface area contributed by atoms with Crippen molar-refractivity contribution < 1.29 is 19.4 Å². The molecule has 1 unspecified atom stereocenters. The third kappa shape index (κ3) is 1.87. The number of nitrogens with two attached hydrogens (primary N) is 1. The SMILES string of the molecule is COc1cccc(C(N)C2(C(=O)O)COC2)c1. The first-order chi connectivity index (χ1) is 8.10. The van der Waals surface area contributed by atoms with Gasteiger partial charge in [-0.1, -0.05) is 12.1 Å². The van der Waals surface area contributed by atoms with E-state index in [0.717, 1.165) is 5.56 Å². The normalized spacial score (nSPS) is 19.2. The molecule has 1 saturated heterocycles. The number of carboxylic acids is 1. The lowest BCUT2D eigenvalue weighted by atomic mass is 9.75. The van der Waals surface area contributed by atoms with Crippen molar-refractivity contribution in [1.82, 2.24) is 0 Å². The van der Waals surface area contributed by atoms with Gasteiger partial charge in [0.05, 0.1) is 26.4 Å². The second-order valence-corrected chi connectivity index (χ2v) is 4.21. The Morgan fingerprint density at radius 2 is 2.29 bits per heavy atom. The molecule has 0 bridgehead atoms. The molecule has 1 aliphatic heterocycles. The van der Waals surface area contributed by atoms with E-state index in [2.05, 4.69) is 0 Å². The summed E-state index contributed by atoms with van der Waals surface area (Å²) in [6.45, 7) is 0.307. The van der Waals surface area contributed by atoms with Crippen LogP contribution in [0.2, 0.25) is 0 Å². The molecule has 17 heavy (non-hydrogen) atoms. The van der Waals surface area contributed by atoms with Crippen LogP contribution in [0.4, 0.5) is 0 Å². The van der Waals surface area contributed by atoms with Crippen molar-refractivity contribution in [3.8, 4) is 5.75 Å². The molecule has 0 radical (unpaired) electrons. The average Bonchev–Trinajstić information content (AvgIpc) is 2.27. The molecule has 0 aliphatic carbocycles. The quantitative estimate of drug-likeness (QED) is 0.809. The van der Waals surface area contributed by atoms with Crippen LogP contribution in [0.3, 0.4) is 0 Å². The van der Waals surface area contributed by atoms with E-state index >= 15 is 0 Å². The molecule has 1 aliphatic rings. The van der Waals surface area contributed by atoms with Gasteiger partial charge in [0.15, 0.2) is 0 Å². The molecule has 0 saturated carbocycles. The molecule has 92 valence electrons. The van der Waals surface area contributed by atoms with Crippen LogP contribution in [0.1, 0.15) is 11.6 Å². The van der Waals surface area contributed by atoms with E-state index in [0.29, 0.717) is 5.75 Å². The molecule has 0 spiro atoms. The molecular formula is C12H15NO4. The standard InChI is InChI=1S/C12H15NO4/c1-16-9-4-2-3-8(5-9)10(13)12(11(14)15)6-17-7-12/h2-5,10H,6-7,13H2,1H3,(H,14,15). The number of benzene rings is 1. The van der Waals surface area contributed by atoms with Gasteiger partial charge in [0.2, 0.25) is 0 Å².